The maximum atomic E-state index is 13.8. The summed E-state index contributed by atoms with van der Waals surface area (Å²) in [4.78, 5) is 32.4. The van der Waals surface area contributed by atoms with Gasteiger partial charge in [-0.2, -0.15) is 0 Å². The summed E-state index contributed by atoms with van der Waals surface area (Å²) in [5, 5.41) is 11.5. The predicted octanol–water partition coefficient (Wildman–Crippen LogP) is 6.46. The standard InChI is InChI=1S/C27H20FIN2O4S/c1-2-13-35-19-10-5-16(6-11-19)24(32)22-23(15-3-8-18(29)9-4-15)31(26(34)25(22)33)27-30-20-12-7-17(28)14-21(20)36-27/h3-12,14,23,32H,2,13H2,1H3. The van der Waals surface area contributed by atoms with Crippen LogP contribution in [0.15, 0.2) is 72.3 Å². The summed E-state index contributed by atoms with van der Waals surface area (Å²) in [6.45, 7) is 2.57. The van der Waals surface area contributed by atoms with Crippen LogP contribution in [0, 0.1) is 9.39 Å². The van der Waals surface area contributed by atoms with Crippen LogP contribution in [-0.4, -0.2) is 28.4 Å². The number of carbonyl (C=O) groups excluding carboxylic acids is 2. The van der Waals surface area contributed by atoms with Gasteiger partial charge in [-0.1, -0.05) is 30.4 Å². The molecule has 6 nitrogen and oxygen atoms in total. The number of thiazole rings is 1. The zero-order chi connectivity index (χ0) is 25.4. The Balaban J connectivity index is 1.65. The van der Waals surface area contributed by atoms with Gasteiger partial charge in [-0.15, -0.1) is 0 Å². The van der Waals surface area contributed by atoms with E-state index in [1.165, 1.54) is 23.1 Å². The molecule has 1 fully saturated rings. The van der Waals surface area contributed by atoms with Gasteiger partial charge in [-0.05, 0) is 89.2 Å². The SMILES string of the molecule is CCCOc1ccc(C(O)=C2C(=O)C(=O)N(c3nc4ccc(F)cc4s3)C2c2ccc(I)cc2)cc1. The molecule has 2 heterocycles. The fourth-order valence-corrected chi connectivity index (χ4v) is 5.44. The number of hydrogen-bond acceptors (Lipinski definition) is 6. The number of aliphatic hydroxyl groups excluding tert-OH is 1. The molecule has 0 saturated carbocycles. The first-order valence-electron chi connectivity index (χ1n) is 11.2. The molecule has 4 aromatic rings. The molecule has 1 atom stereocenters. The summed E-state index contributed by atoms with van der Waals surface area (Å²) < 4.78 is 20.9. The number of rotatable bonds is 6. The third-order valence-electron chi connectivity index (χ3n) is 5.78. The van der Waals surface area contributed by atoms with E-state index in [2.05, 4.69) is 27.6 Å². The van der Waals surface area contributed by atoms with Crippen molar-refractivity contribution in [1.82, 2.24) is 4.98 Å². The van der Waals surface area contributed by atoms with Crippen LogP contribution in [0.5, 0.6) is 5.75 Å². The number of halogens is 2. The zero-order valence-corrected chi connectivity index (χ0v) is 22.0. The number of fused-ring (bicyclic) bond motifs is 1. The Morgan fingerprint density at radius 3 is 2.53 bits per heavy atom. The minimum atomic E-state index is -0.900. The lowest BCUT2D eigenvalue weighted by atomic mass is 9.95. The van der Waals surface area contributed by atoms with Crippen molar-refractivity contribution in [3.05, 3.63) is 92.8 Å². The number of carbonyl (C=O) groups is 2. The molecule has 1 amide bonds. The molecule has 1 aliphatic heterocycles. The van der Waals surface area contributed by atoms with Gasteiger partial charge in [0.15, 0.2) is 5.13 Å². The molecule has 1 N–H and O–H groups in total. The number of hydrogen-bond donors (Lipinski definition) is 1. The Labute approximate surface area is 224 Å². The molecule has 9 heteroatoms. The molecule has 3 aromatic carbocycles. The summed E-state index contributed by atoms with van der Waals surface area (Å²) in [7, 11) is 0. The summed E-state index contributed by atoms with van der Waals surface area (Å²) in [5.41, 5.74) is 1.51. The van der Waals surface area contributed by atoms with Gasteiger partial charge in [0, 0.05) is 9.13 Å². The number of amides is 1. The van der Waals surface area contributed by atoms with Gasteiger partial charge in [0.05, 0.1) is 28.4 Å². The van der Waals surface area contributed by atoms with Gasteiger partial charge >= 0.3 is 5.91 Å². The summed E-state index contributed by atoms with van der Waals surface area (Å²) in [6.07, 6.45) is 0.861. The number of benzene rings is 3. The van der Waals surface area contributed by atoms with E-state index in [-0.39, 0.29) is 16.5 Å². The average Bonchev–Trinajstić information content (AvgIpc) is 3.40. The minimum absolute atomic E-state index is 0.0335. The van der Waals surface area contributed by atoms with E-state index < -0.39 is 23.5 Å². The first-order valence-corrected chi connectivity index (χ1v) is 13.1. The largest absolute Gasteiger partial charge is 0.507 e. The Kier molecular flexibility index (Phi) is 6.76. The van der Waals surface area contributed by atoms with Crippen molar-refractivity contribution in [3.8, 4) is 5.75 Å². The summed E-state index contributed by atoms with van der Waals surface area (Å²) in [6, 6.07) is 17.4. The van der Waals surface area contributed by atoms with Crippen molar-refractivity contribution < 1.29 is 23.8 Å². The van der Waals surface area contributed by atoms with Gasteiger partial charge in [-0.25, -0.2) is 9.37 Å². The molecular formula is C27H20FIN2O4S. The van der Waals surface area contributed by atoms with Crippen LogP contribution in [-0.2, 0) is 9.59 Å². The lowest BCUT2D eigenvalue weighted by molar-refractivity contribution is -0.132. The Bertz CT molecular complexity index is 1500. The van der Waals surface area contributed by atoms with Gasteiger partial charge in [0.2, 0.25) is 0 Å². The molecule has 36 heavy (non-hydrogen) atoms. The van der Waals surface area contributed by atoms with Gasteiger partial charge in [-0.3, -0.25) is 14.5 Å². The number of anilines is 1. The number of ketones is 1. The van der Waals surface area contributed by atoms with E-state index in [0.29, 0.717) is 33.7 Å². The van der Waals surface area contributed by atoms with Crippen molar-refractivity contribution in [1.29, 1.82) is 0 Å². The fraction of sp³-hybridized carbons (Fsp3) is 0.148. The second-order valence-electron chi connectivity index (χ2n) is 8.20. The number of nitrogens with zero attached hydrogens (tertiary/aromatic N) is 2. The quantitative estimate of drug-likeness (QED) is 0.117. The molecule has 5 rings (SSSR count). The summed E-state index contributed by atoms with van der Waals surface area (Å²) in [5.74, 6) is -1.67. The molecule has 1 aromatic heterocycles. The highest BCUT2D eigenvalue weighted by atomic mass is 127. The third kappa shape index (κ3) is 4.48. The molecule has 182 valence electrons. The third-order valence-corrected chi connectivity index (χ3v) is 7.51. The smallest absolute Gasteiger partial charge is 0.301 e. The molecule has 1 saturated heterocycles. The van der Waals surface area contributed by atoms with Crippen LogP contribution in [0.3, 0.4) is 0 Å². The molecule has 1 aliphatic rings. The number of ether oxygens (including phenoxy) is 1. The highest BCUT2D eigenvalue weighted by Crippen LogP contribution is 2.44. The van der Waals surface area contributed by atoms with E-state index in [9.17, 15) is 19.1 Å². The number of Topliss-reactive ketones (excluding diaryl/α,β-unsaturated/α-hetero) is 1. The molecule has 0 radical (unpaired) electrons. The maximum absolute atomic E-state index is 13.8. The van der Waals surface area contributed by atoms with Crippen LogP contribution >= 0.6 is 33.9 Å². The van der Waals surface area contributed by atoms with Crippen LogP contribution in [0.2, 0.25) is 0 Å². The van der Waals surface area contributed by atoms with E-state index >= 15 is 0 Å². The predicted molar refractivity (Wildman–Crippen MR) is 146 cm³/mol. The minimum Gasteiger partial charge on any atom is -0.507 e. The highest BCUT2D eigenvalue weighted by molar-refractivity contribution is 14.1. The van der Waals surface area contributed by atoms with E-state index in [1.54, 1.807) is 24.3 Å². The number of aliphatic hydroxyl groups is 1. The van der Waals surface area contributed by atoms with Gasteiger partial charge in [0.25, 0.3) is 5.78 Å². The Morgan fingerprint density at radius 2 is 1.83 bits per heavy atom. The average molecular weight is 614 g/mol. The molecule has 0 spiro atoms. The van der Waals surface area contributed by atoms with Crippen molar-refractivity contribution >= 4 is 66.7 Å². The maximum Gasteiger partial charge on any atom is 0.301 e. The monoisotopic (exact) mass is 614 g/mol. The molecule has 0 bridgehead atoms. The van der Waals surface area contributed by atoms with Gasteiger partial charge in [0.1, 0.15) is 17.3 Å². The van der Waals surface area contributed by atoms with E-state index in [4.69, 9.17) is 4.74 Å². The molecular weight excluding hydrogens is 594 g/mol. The van der Waals surface area contributed by atoms with Crippen molar-refractivity contribution in [2.45, 2.75) is 19.4 Å². The van der Waals surface area contributed by atoms with Crippen LogP contribution in [0.25, 0.3) is 16.0 Å². The highest BCUT2D eigenvalue weighted by Gasteiger charge is 2.48. The normalized spacial score (nSPS) is 17.2. The lowest BCUT2D eigenvalue weighted by Crippen LogP contribution is -2.29. The van der Waals surface area contributed by atoms with Crippen molar-refractivity contribution in [3.63, 3.8) is 0 Å². The molecule has 1 unspecified atom stereocenters. The van der Waals surface area contributed by atoms with Crippen LogP contribution in [0.4, 0.5) is 9.52 Å². The Morgan fingerprint density at radius 1 is 1.11 bits per heavy atom. The first kappa shape index (κ1) is 24.4. The first-order chi connectivity index (χ1) is 17.4. The lowest BCUT2D eigenvalue weighted by Gasteiger charge is -2.23. The number of aromatic nitrogens is 1. The second-order valence-corrected chi connectivity index (χ2v) is 10.5. The van der Waals surface area contributed by atoms with Crippen molar-refractivity contribution in [2.24, 2.45) is 0 Å². The fourth-order valence-electron chi connectivity index (χ4n) is 4.06. The van der Waals surface area contributed by atoms with Gasteiger partial charge < -0.3 is 9.84 Å². The van der Waals surface area contributed by atoms with Crippen LogP contribution < -0.4 is 9.64 Å². The molecule has 0 aliphatic carbocycles. The topological polar surface area (TPSA) is 79.7 Å². The van der Waals surface area contributed by atoms with E-state index in [0.717, 1.165) is 21.3 Å². The summed E-state index contributed by atoms with van der Waals surface area (Å²) >= 11 is 3.29. The zero-order valence-electron chi connectivity index (χ0n) is 19.1. The van der Waals surface area contributed by atoms with Crippen molar-refractivity contribution in [2.75, 3.05) is 11.5 Å². The van der Waals surface area contributed by atoms with Crippen LogP contribution in [0.1, 0.15) is 30.5 Å². The van der Waals surface area contributed by atoms with E-state index in [1.807, 2.05) is 31.2 Å². The Hall–Kier alpha value is -3.31. The second kappa shape index (κ2) is 9.98.